The lowest BCUT2D eigenvalue weighted by Crippen LogP contribution is -2.13. The fourth-order valence-corrected chi connectivity index (χ4v) is 4.36. The average molecular weight is 493 g/mol. The second kappa shape index (κ2) is 8.80. The lowest BCUT2D eigenvalue weighted by atomic mass is 10.2. The number of ether oxygens (including phenoxy) is 2. The number of anilines is 2. The molecular formula is C18H13BrN4O4S2. The molecule has 1 aliphatic heterocycles. The molecule has 11 heteroatoms. The number of nitrogens with zero attached hydrogens (tertiary/aromatic N) is 2. The van der Waals surface area contributed by atoms with Gasteiger partial charge in [-0.25, -0.2) is 0 Å². The van der Waals surface area contributed by atoms with Crippen molar-refractivity contribution >= 4 is 61.7 Å². The lowest BCUT2D eigenvalue weighted by molar-refractivity contribution is -0.113. The Morgan fingerprint density at radius 1 is 1.10 bits per heavy atom. The normalized spacial score (nSPS) is 11.9. The molecule has 0 atom stereocenters. The summed E-state index contributed by atoms with van der Waals surface area (Å²) in [6.45, 7) is 0.181. The number of thioether (sulfide) groups is 1. The van der Waals surface area contributed by atoms with Crippen LogP contribution in [0.3, 0.4) is 0 Å². The number of aromatic nitrogens is 2. The van der Waals surface area contributed by atoms with Gasteiger partial charge in [-0.05, 0) is 30.3 Å². The summed E-state index contributed by atoms with van der Waals surface area (Å²) >= 11 is 5.78. The van der Waals surface area contributed by atoms with Crippen molar-refractivity contribution in [2.75, 3.05) is 23.2 Å². The Morgan fingerprint density at radius 3 is 2.83 bits per heavy atom. The zero-order chi connectivity index (χ0) is 20.2. The molecule has 0 radical (unpaired) electrons. The molecule has 0 aliphatic carbocycles. The highest BCUT2D eigenvalue weighted by Gasteiger charge is 2.15. The van der Waals surface area contributed by atoms with Crippen molar-refractivity contribution in [1.82, 2.24) is 10.2 Å². The molecular weight excluding hydrogens is 480 g/mol. The van der Waals surface area contributed by atoms with Gasteiger partial charge in [-0.2, -0.15) is 0 Å². The fraction of sp³-hybridized carbons (Fsp3) is 0.111. The number of hydrogen-bond donors (Lipinski definition) is 2. The summed E-state index contributed by atoms with van der Waals surface area (Å²) in [5.41, 5.74) is 1.13. The third kappa shape index (κ3) is 5.05. The van der Waals surface area contributed by atoms with Gasteiger partial charge in [0.1, 0.15) is 0 Å². The van der Waals surface area contributed by atoms with E-state index in [9.17, 15) is 9.59 Å². The summed E-state index contributed by atoms with van der Waals surface area (Å²) in [5.74, 6) is 0.945. The maximum Gasteiger partial charge on any atom is 0.257 e. The first-order valence-electron chi connectivity index (χ1n) is 8.29. The topological polar surface area (TPSA) is 102 Å². The Labute approximate surface area is 182 Å². The second-order valence-electron chi connectivity index (χ2n) is 5.74. The number of benzene rings is 2. The Hall–Kier alpha value is -2.63. The molecule has 148 valence electrons. The van der Waals surface area contributed by atoms with Crippen molar-refractivity contribution in [1.29, 1.82) is 0 Å². The molecule has 0 saturated carbocycles. The van der Waals surface area contributed by atoms with Gasteiger partial charge in [-0.15, -0.1) is 10.2 Å². The zero-order valence-corrected chi connectivity index (χ0v) is 17.9. The van der Waals surface area contributed by atoms with Crippen LogP contribution in [0, 0.1) is 0 Å². The van der Waals surface area contributed by atoms with Gasteiger partial charge in [-0.1, -0.05) is 45.1 Å². The number of nitrogens with one attached hydrogen (secondary N) is 2. The van der Waals surface area contributed by atoms with Gasteiger partial charge < -0.3 is 14.8 Å². The van der Waals surface area contributed by atoms with Crippen molar-refractivity contribution in [3.05, 3.63) is 52.5 Å². The average Bonchev–Trinajstić information content (AvgIpc) is 3.35. The van der Waals surface area contributed by atoms with Crippen LogP contribution in [-0.2, 0) is 4.79 Å². The molecule has 29 heavy (non-hydrogen) atoms. The van der Waals surface area contributed by atoms with E-state index < -0.39 is 0 Å². The van der Waals surface area contributed by atoms with Crippen LogP contribution in [-0.4, -0.2) is 34.6 Å². The molecule has 1 aliphatic rings. The second-order valence-corrected chi connectivity index (χ2v) is 8.86. The maximum absolute atomic E-state index is 12.2. The van der Waals surface area contributed by atoms with E-state index in [1.165, 1.54) is 23.1 Å². The van der Waals surface area contributed by atoms with Gasteiger partial charge in [0.15, 0.2) is 15.8 Å². The number of carbonyl (C=O) groups is 2. The standard InChI is InChI=1S/C18H13BrN4O4S2/c19-11-3-1-2-10(6-11)16(25)21-17-22-23-18(29-17)28-8-15(24)20-12-4-5-13-14(7-12)27-9-26-13/h1-7H,8-9H2,(H,20,24)(H,21,22,25). The lowest BCUT2D eigenvalue weighted by Gasteiger charge is -2.05. The molecule has 3 aromatic rings. The van der Waals surface area contributed by atoms with Gasteiger partial charge in [0.2, 0.25) is 17.8 Å². The van der Waals surface area contributed by atoms with Crippen molar-refractivity contribution in [2.45, 2.75) is 4.34 Å². The van der Waals surface area contributed by atoms with E-state index in [-0.39, 0.29) is 24.4 Å². The summed E-state index contributed by atoms with van der Waals surface area (Å²) in [6.07, 6.45) is 0. The minimum absolute atomic E-state index is 0.155. The van der Waals surface area contributed by atoms with E-state index >= 15 is 0 Å². The van der Waals surface area contributed by atoms with Crippen molar-refractivity contribution in [2.24, 2.45) is 0 Å². The summed E-state index contributed by atoms with van der Waals surface area (Å²) in [4.78, 5) is 24.4. The summed E-state index contributed by atoms with van der Waals surface area (Å²) in [5, 5.41) is 13.8. The Bertz CT molecular complexity index is 1080. The highest BCUT2D eigenvalue weighted by molar-refractivity contribution is 9.10. The summed E-state index contributed by atoms with van der Waals surface area (Å²) in [6, 6.07) is 12.2. The number of hydrogen-bond acceptors (Lipinski definition) is 8. The molecule has 1 aromatic heterocycles. The van der Waals surface area contributed by atoms with E-state index in [2.05, 4.69) is 36.8 Å². The first-order chi connectivity index (χ1) is 14.1. The Kier molecular flexibility index (Phi) is 5.97. The molecule has 0 spiro atoms. The predicted octanol–water partition coefficient (Wildman–Crippen LogP) is 4.01. The highest BCUT2D eigenvalue weighted by Crippen LogP contribution is 2.34. The molecule has 2 N–H and O–H groups in total. The summed E-state index contributed by atoms with van der Waals surface area (Å²) < 4.78 is 11.9. The molecule has 0 saturated heterocycles. The first-order valence-corrected chi connectivity index (χ1v) is 10.9. The Morgan fingerprint density at radius 2 is 1.97 bits per heavy atom. The van der Waals surface area contributed by atoms with Crippen molar-refractivity contribution in [3.63, 3.8) is 0 Å². The van der Waals surface area contributed by atoms with Crippen molar-refractivity contribution in [3.8, 4) is 11.5 Å². The molecule has 2 aromatic carbocycles. The van der Waals surface area contributed by atoms with Crippen LogP contribution < -0.4 is 20.1 Å². The van der Waals surface area contributed by atoms with Gasteiger partial charge >= 0.3 is 0 Å². The highest BCUT2D eigenvalue weighted by atomic mass is 79.9. The third-order valence-corrected chi connectivity index (χ3v) is 6.16. The molecule has 0 fully saturated rings. The van der Waals surface area contributed by atoms with Crippen LogP contribution in [0.1, 0.15) is 10.4 Å². The number of amides is 2. The molecule has 8 nitrogen and oxygen atoms in total. The minimum Gasteiger partial charge on any atom is -0.454 e. The van der Waals surface area contributed by atoms with Crippen LogP contribution in [0.5, 0.6) is 11.5 Å². The third-order valence-electron chi connectivity index (χ3n) is 3.70. The number of fused-ring (bicyclic) bond motifs is 1. The van der Waals surface area contributed by atoms with E-state index in [1.54, 1.807) is 36.4 Å². The fourth-order valence-electron chi connectivity index (χ4n) is 2.42. The predicted molar refractivity (Wildman–Crippen MR) is 114 cm³/mol. The van der Waals surface area contributed by atoms with Gasteiger partial charge in [0.05, 0.1) is 5.75 Å². The molecule has 0 unspecified atom stereocenters. The molecule has 4 rings (SSSR count). The molecule has 0 bridgehead atoms. The van der Waals surface area contributed by atoms with Gasteiger partial charge in [0.25, 0.3) is 5.91 Å². The van der Waals surface area contributed by atoms with Gasteiger partial charge in [-0.3, -0.25) is 14.9 Å². The smallest absolute Gasteiger partial charge is 0.257 e. The van der Waals surface area contributed by atoms with E-state index in [0.717, 1.165) is 4.47 Å². The van der Waals surface area contributed by atoms with Crippen LogP contribution in [0.4, 0.5) is 10.8 Å². The van der Waals surface area contributed by atoms with E-state index in [1.807, 2.05) is 6.07 Å². The quantitative estimate of drug-likeness (QED) is 0.395. The SMILES string of the molecule is O=C(CSc1nnc(NC(=O)c2cccc(Br)c2)s1)Nc1ccc2c(c1)OCO2. The molecule has 2 amide bonds. The Balaban J connectivity index is 1.29. The number of carbonyl (C=O) groups excluding carboxylic acids is 2. The number of rotatable bonds is 6. The van der Waals surface area contributed by atoms with Gasteiger partial charge in [0, 0.05) is 21.8 Å². The monoisotopic (exact) mass is 492 g/mol. The largest absolute Gasteiger partial charge is 0.454 e. The number of halogens is 1. The zero-order valence-electron chi connectivity index (χ0n) is 14.7. The van der Waals surface area contributed by atoms with E-state index in [0.29, 0.717) is 32.2 Å². The maximum atomic E-state index is 12.2. The van der Waals surface area contributed by atoms with Crippen LogP contribution >= 0.6 is 39.0 Å². The van der Waals surface area contributed by atoms with Crippen molar-refractivity contribution < 1.29 is 19.1 Å². The minimum atomic E-state index is -0.278. The first kappa shape index (κ1) is 19.7. The molecule has 2 heterocycles. The summed E-state index contributed by atoms with van der Waals surface area (Å²) in [7, 11) is 0. The van der Waals surface area contributed by atoms with Crippen LogP contribution in [0.15, 0.2) is 51.3 Å². The van der Waals surface area contributed by atoms with E-state index in [4.69, 9.17) is 9.47 Å². The van der Waals surface area contributed by atoms with Crippen LogP contribution in [0.25, 0.3) is 0 Å². The van der Waals surface area contributed by atoms with Crippen LogP contribution in [0.2, 0.25) is 0 Å².